The molecule has 0 amide bonds. The Bertz CT molecular complexity index is 1110. The van der Waals surface area contributed by atoms with Crippen LogP contribution in [-0.2, 0) is 6.61 Å². The summed E-state index contributed by atoms with van der Waals surface area (Å²) in [4.78, 5) is 6.30. The molecule has 9 heteroatoms. The Morgan fingerprint density at radius 1 is 1.29 bits per heavy atom. The van der Waals surface area contributed by atoms with Gasteiger partial charge in [0.25, 0.3) is 0 Å². The number of nitrogens with zero attached hydrogens (tertiary/aromatic N) is 5. The van der Waals surface area contributed by atoms with E-state index in [1.807, 2.05) is 6.07 Å². The highest BCUT2D eigenvalue weighted by Gasteiger charge is 2.37. The number of methoxy groups -OCH3 is 1. The van der Waals surface area contributed by atoms with Gasteiger partial charge < -0.3 is 14.7 Å². The first-order chi connectivity index (χ1) is 15.0. The van der Waals surface area contributed by atoms with Crippen LogP contribution in [0.25, 0.3) is 5.69 Å². The number of benzene rings is 1. The largest absolute Gasteiger partial charge is 0.481 e. The van der Waals surface area contributed by atoms with Crippen LogP contribution in [-0.4, -0.2) is 45.1 Å². The molecular formula is C22H21ClFN5O2. The summed E-state index contributed by atoms with van der Waals surface area (Å²) < 4.78 is 20.5. The average molecular weight is 442 g/mol. The summed E-state index contributed by atoms with van der Waals surface area (Å²) in [5.74, 6) is 3.89. The molecule has 0 bridgehead atoms. The van der Waals surface area contributed by atoms with Crippen LogP contribution >= 0.6 is 11.6 Å². The second kappa shape index (κ2) is 8.92. The predicted molar refractivity (Wildman–Crippen MR) is 115 cm³/mol. The van der Waals surface area contributed by atoms with Crippen LogP contribution in [0.4, 0.5) is 10.3 Å². The van der Waals surface area contributed by atoms with Crippen molar-refractivity contribution in [2.24, 2.45) is 5.92 Å². The number of aliphatic hydroxyl groups is 1. The second-order valence-electron chi connectivity index (χ2n) is 7.31. The first-order valence-electron chi connectivity index (χ1n) is 9.74. The zero-order valence-electron chi connectivity index (χ0n) is 16.9. The number of halogens is 2. The van der Waals surface area contributed by atoms with E-state index >= 15 is 0 Å². The van der Waals surface area contributed by atoms with Gasteiger partial charge in [-0.3, -0.25) is 4.57 Å². The van der Waals surface area contributed by atoms with E-state index in [4.69, 9.17) is 22.8 Å². The standard InChI is InChI=1S/C22H21ClFN5O2/c1-3-4-14-11-28(12-18(14)17-7-5-15(24)9-19(17)23)22-27-26-20(13-30)29(22)16-6-8-21(31-2)25-10-16/h1,5-10,14,18,30H,4,11-13H2,2H3/t14-,18-/m0/s1. The van der Waals surface area contributed by atoms with Crippen molar-refractivity contribution in [3.05, 3.63) is 58.8 Å². The molecule has 0 radical (unpaired) electrons. The van der Waals surface area contributed by atoms with E-state index in [1.54, 1.807) is 30.0 Å². The van der Waals surface area contributed by atoms with E-state index in [1.165, 1.54) is 12.1 Å². The number of hydrogen-bond acceptors (Lipinski definition) is 6. The Labute approximate surface area is 184 Å². The molecule has 0 spiro atoms. The van der Waals surface area contributed by atoms with Gasteiger partial charge in [-0.1, -0.05) is 17.7 Å². The topological polar surface area (TPSA) is 76.3 Å². The van der Waals surface area contributed by atoms with Crippen LogP contribution in [0.15, 0.2) is 36.5 Å². The first-order valence-corrected chi connectivity index (χ1v) is 10.1. The molecule has 7 nitrogen and oxygen atoms in total. The molecule has 2 atom stereocenters. The lowest BCUT2D eigenvalue weighted by atomic mass is 9.87. The highest BCUT2D eigenvalue weighted by Crippen LogP contribution is 2.40. The van der Waals surface area contributed by atoms with Crippen molar-refractivity contribution in [1.82, 2.24) is 19.7 Å². The number of pyridine rings is 1. The van der Waals surface area contributed by atoms with Crippen LogP contribution in [0.3, 0.4) is 0 Å². The van der Waals surface area contributed by atoms with Gasteiger partial charge in [0.05, 0.1) is 19.0 Å². The summed E-state index contributed by atoms with van der Waals surface area (Å²) >= 11 is 6.35. The SMILES string of the molecule is C#CC[C@H]1CN(c2nnc(CO)n2-c2ccc(OC)nc2)C[C@@H]1c1ccc(F)cc1Cl. The zero-order valence-corrected chi connectivity index (χ0v) is 17.6. The van der Waals surface area contributed by atoms with Crippen molar-refractivity contribution in [3.63, 3.8) is 0 Å². The van der Waals surface area contributed by atoms with Gasteiger partial charge in [0.15, 0.2) is 5.82 Å². The number of anilines is 1. The number of terminal acetylenes is 1. The maximum absolute atomic E-state index is 13.6. The fourth-order valence-electron chi connectivity index (χ4n) is 4.05. The van der Waals surface area contributed by atoms with Gasteiger partial charge in [0.2, 0.25) is 11.8 Å². The van der Waals surface area contributed by atoms with E-state index in [-0.39, 0.29) is 24.3 Å². The molecule has 2 aromatic heterocycles. The Morgan fingerprint density at radius 2 is 2.13 bits per heavy atom. The molecule has 0 saturated carbocycles. The summed E-state index contributed by atoms with van der Waals surface area (Å²) in [6.45, 7) is 0.911. The molecule has 1 N–H and O–H groups in total. The van der Waals surface area contributed by atoms with E-state index in [0.29, 0.717) is 47.9 Å². The number of aliphatic hydroxyl groups excluding tert-OH is 1. The number of hydrogen-bond donors (Lipinski definition) is 1. The van der Waals surface area contributed by atoms with Gasteiger partial charge >= 0.3 is 0 Å². The summed E-state index contributed by atoms with van der Waals surface area (Å²) in [6.07, 6.45) is 7.80. The number of rotatable bonds is 6. The van der Waals surface area contributed by atoms with E-state index in [0.717, 1.165) is 5.56 Å². The fourth-order valence-corrected chi connectivity index (χ4v) is 4.36. The Balaban J connectivity index is 1.71. The quantitative estimate of drug-likeness (QED) is 0.592. The smallest absolute Gasteiger partial charge is 0.232 e. The van der Waals surface area contributed by atoms with Gasteiger partial charge in [-0.15, -0.1) is 22.5 Å². The van der Waals surface area contributed by atoms with E-state index in [9.17, 15) is 9.50 Å². The molecule has 0 unspecified atom stereocenters. The fraction of sp³-hybridized carbons (Fsp3) is 0.318. The minimum absolute atomic E-state index is 0.000805. The third-order valence-electron chi connectivity index (χ3n) is 5.51. The van der Waals surface area contributed by atoms with Crippen LogP contribution in [0.1, 0.15) is 23.7 Å². The van der Waals surface area contributed by atoms with Gasteiger partial charge in [-0.05, 0) is 29.7 Å². The van der Waals surface area contributed by atoms with Crippen molar-refractivity contribution >= 4 is 17.5 Å². The Kier molecular flexibility index (Phi) is 6.07. The van der Waals surface area contributed by atoms with Crippen LogP contribution in [0.2, 0.25) is 5.02 Å². The highest BCUT2D eigenvalue weighted by atomic mass is 35.5. The maximum atomic E-state index is 13.6. The van der Waals surface area contributed by atoms with Gasteiger partial charge in [-0.2, -0.15) is 0 Å². The molecule has 0 aliphatic carbocycles. The highest BCUT2D eigenvalue weighted by molar-refractivity contribution is 6.31. The molecule has 1 aromatic carbocycles. The second-order valence-corrected chi connectivity index (χ2v) is 7.72. The molecule has 1 aliphatic rings. The monoisotopic (exact) mass is 441 g/mol. The molecule has 160 valence electrons. The summed E-state index contributed by atoms with van der Waals surface area (Å²) in [6, 6.07) is 7.99. The minimum Gasteiger partial charge on any atom is -0.481 e. The lowest BCUT2D eigenvalue weighted by molar-refractivity contribution is 0.269. The van der Waals surface area contributed by atoms with Crippen molar-refractivity contribution < 1.29 is 14.2 Å². The van der Waals surface area contributed by atoms with Crippen LogP contribution in [0.5, 0.6) is 5.88 Å². The summed E-state index contributed by atoms with van der Waals surface area (Å²) in [5.41, 5.74) is 1.55. The molecule has 1 aliphatic heterocycles. The Morgan fingerprint density at radius 3 is 2.77 bits per heavy atom. The van der Waals surface area contributed by atoms with Crippen molar-refractivity contribution in [2.75, 3.05) is 25.1 Å². The first kappa shape index (κ1) is 21.1. The molecule has 31 heavy (non-hydrogen) atoms. The zero-order chi connectivity index (χ0) is 22.0. The lowest BCUT2D eigenvalue weighted by Crippen LogP contribution is -2.24. The molecule has 1 saturated heterocycles. The van der Waals surface area contributed by atoms with Gasteiger partial charge in [0.1, 0.15) is 12.4 Å². The van der Waals surface area contributed by atoms with Crippen LogP contribution in [0, 0.1) is 24.1 Å². The third-order valence-corrected chi connectivity index (χ3v) is 5.84. The van der Waals surface area contributed by atoms with Gasteiger partial charge in [-0.25, -0.2) is 9.37 Å². The minimum atomic E-state index is -0.378. The lowest BCUT2D eigenvalue weighted by Gasteiger charge is -2.19. The third kappa shape index (κ3) is 4.07. The van der Waals surface area contributed by atoms with E-state index in [2.05, 4.69) is 26.0 Å². The number of aromatic nitrogens is 4. The normalized spacial score (nSPS) is 18.2. The molecule has 4 rings (SSSR count). The predicted octanol–water partition coefficient (Wildman–Crippen LogP) is 3.20. The van der Waals surface area contributed by atoms with Crippen molar-refractivity contribution in [3.8, 4) is 23.9 Å². The van der Waals surface area contributed by atoms with Crippen molar-refractivity contribution in [2.45, 2.75) is 18.9 Å². The molecule has 3 aromatic rings. The van der Waals surface area contributed by atoms with E-state index < -0.39 is 0 Å². The average Bonchev–Trinajstić information content (AvgIpc) is 3.38. The molecule has 3 heterocycles. The summed E-state index contributed by atoms with van der Waals surface area (Å²) in [7, 11) is 1.54. The molecular weight excluding hydrogens is 421 g/mol. The van der Waals surface area contributed by atoms with Crippen LogP contribution < -0.4 is 9.64 Å². The summed E-state index contributed by atoms with van der Waals surface area (Å²) in [5, 5.41) is 18.6. The Hall–Kier alpha value is -3.15. The maximum Gasteiger partial charge on any atom is 0.232 e. The number of ether oxygens (including phenoxy) is 1. The molecule has 1 fully saturated rings. The van der Waals surface area contributed by atoms with Gasteiger partial charge in [0, 0.05) is 36.5 Å². The van der Waals surface area contributed by atoms with Crippen molar-refractivity contribution in [1.29, 1.82) is 0 Å².